The Morgan fingerprint density at radius 2 is 2.13 bits per heavy atom. The first-order valence-corrected chi connectivity index (χ1v) is 7.68. The van der Waals surface area contributed by atoms with Gasteiger partial charge in [-0.1, -0.05) is 0 Å². The highest BCUT2D eigenvalue weighted by molar-refractivity contribution is 5.76. The van der Waals surface area contributed by atoms with Gasteiger partial charge in [-0.05, 0) is 20.8 Å². The number of H-pyrrole nitrogens is 1. The fourth-order valence-corrected chi connectivity index (χ4v) is 2.75. The molecule has 2 N–H and O–H groups in total. The van der Waals surface area contributed by atoms with Gasteiger partial charge in [-0.15, -0.1) is 0 Å². The molecule has 23 heavy (non-hydrogen) atoms. The van der Waals surface area contributed by atoms with Crippen LogP contribution in [0.2, 0.25) is 0 Å². The third-order valence-corrected chi connectivity index (χ3v) is 4.18. The topological polar surface area (TPSA) is 96.4 Å². The summed E-state index contributed by atoms with van der Waals surface area (Å²) in [6.07, 6.45) is 1.32. The predicted molar refractivity (Wildman–Crippen MR) is 85.5 cm³/mol. The third-order valence-electron chi connectivity index (χ3n) is 4.18. The third kappa shape index (κ3) is 4.08. The van der Waals surface area contributed by atoms with Crippen molar-refractivity contribution in [1.82, 2.24) is 19.8 Å². The second-order valence-electron chi connectivity index (χ2n) is 6.20. The Morgan fingerprint density at radius 3 is 2.74 bits per heavy atom. The van der Waals surface area contributed by atoms with Crippen molar-refractivity contribution >= 4 is 5.91 Å². The van der Waals surface area contributed by atoms with Crippen LogP contribution in [0.4, 0.5) is 0 Å². The zero-order chi connectivity index (χ0) is 17.1. The molecule has 128 valence electrons. The van der Waals surface area contributed by atoms with Gasteiger partial charge in [-0.25, -0.2) is 4.79 Å². The fraction of sp³-hybridized carbons (Fsp3) is 0.667. The summed E-state index contributed by atoms with van der Waals surface area (Å²) >= 11 is 0. The van der Waals surface area contributed by atoms with E-state index in [0.717, 1.165) is 6.54 Å². The van der Waals surface area contributed by atoms with Gasteiger partial charge in [0.2, 0.25) is 5.91 Å². The van der Waals surface area contributed by atoms with Crippen molar-refractivity contribution in [2.75, 3.05) is 20.2 Å². The monoisotopic (exact) mass is 324 g/mol. The minimum absolute atomic E-state index is 0.0737. The van der Waals surface area contributed by atoms with Crippen LogP contribution in [0.3, 0.4) is 0 Å². The lowest BCUT2D eigenvalue weighted by Gasteiger charge is -2.20. The van der Waals surface area contributed by atoms with E-state index in [-0.39, 0.29) is 24.6 Å². The second-order valence-corrected chi connectivity index (χ2v) is 6.20. The molecule has 1 aromatic heterocycles. The van der Waals surface area contributed by atoms with Crippen LogP contribution in [0.15, 0.2) is 15.8 Å². The molecule has 0 aliphatic carbocycles. The summed E-state index contributed by atoms with van der Waals surface area (Å²) < 4.78 is 6.64. The van der Waals surface area contributed by atoms with Crippen molar-refractivity contribution in [2.45, 2.75) is 45.5 Å². The van der Waals surface area contributed by atoms with Gasteiger partial charge in [0.1, 0.15) is 6.54 Å². The summed E-state index contributed by atoms with van der Waals surface area (Å²) in [5.74, 6) is -0.281. The quantitative estimate of drug-likeness (QED) is 0.729. The number of methoxy groups -OCH3 is 1. The average Bonchev–Trinajstić information content (AvgIpc) is 2.88. The lowest BCUT2D eigenvalue weighted by atomic mass is 10.2. The number of amides is 1. The average molecular weight is 324 g/mol. The molecular weight excluding hydrogens is 300 g/mol. The van der Waals surface area contributed by atoms with Crippen molar-refractivity contribution in [1.29, 1.82) is 0 Å². The number of aryl methyl sites for hydroxylation is 1. The van der Waals surface area contributed by atoms with E-state index in [4.69, 9.17) is 4.74 Å². The summed E-state index contributed by atoms with van der Waals surface area (Å²) in [7, 11) is 1.63. The molecule has 0 unspecified atom stereocenters. The van der Waals surface area contributed by atoms with Crippen LogP contribution < -0.4 is 16.6 Å². The number of aromatic amines is 1. The number of carbonyl (C=O) groups is 1. The van der Waals surface area contributed by atoms with E-state index in [9.17, 15) is 14.4 Å². The zero-order valence-corrected chi connectivity index (χ0v) is 14.0. The molecule has 1 aliphatic rings. The molecule has 1 fully saturated rings. The van der Waals surface area contributed by atoms with Gasteiger partial charge in [0.25, 0.3) is 5.56 Å². The molecule has 0 bridgehead atoms. The first-order valence-electron chi connectivity index (χ1n) is 7.68. The summed E-state index contributed by atoms with van der Waals surface area (Å²) in [5, 5.41) is 2.92. The van der Waals surface area contributed by atoms with E-state index in [1.165, 1.54) is 10.8 Å². The number of carbonyl (C=O) groups excluding carboxylic acids is 1. The standard InChI is InChI=1S/C15H24N4O4/c1-9(2)18-6-11(12(7-18)23-4)16-13(20)8-19-5-10(3)14(21)17-15(19)22/h5,9,11-12H,6-8H2,1-4H3,(H,16,20)(H,17,21,22)/t11-,12-/m1/s1. The van der Waals surface area contributed by atoms with Gasteiger partial charge in [-0.2, -0.15) is 0 Å². The smallest absolute Gasteiger partial charge is 0.328 e. The molecular formula is C15H24N4O4. The van der Waals surface area contributed by atoms with Crippen molar-refractivity contribution in [3.8, 4) is 0 Å². The van der Waals surface area contributed by atoms with Gasteiger partial charge >= 0.3 is 5.69 Å². The lowest BCUT2D eigenvalue weighted by Crippen LogP contribution is -2.46. The molecule has 0 radical (unpaired) electrons. The number of rotatable bonds is 5. The highest BCUT2D eigenvalue weighted by Crippen LogP contribution is 2.15. The number of nitrogens with one attached hydrogen (secondary N) is 2. The van der Waals surface area contributed by atoms with Gasteiger partial charge in [0, 0.05) is 38.0 Å². The Labute approximate surface area is 134 Å². The maximum atomic E-state index is 12.2. The Hall–Kier alpha value is -1.93. The molecule has 2 rings (SSSR count). The molecule has 0 spiro atoms. The van der Waals surface area contributed by atoms with E-state index in [2.05, 4.69) is 29.0 Å². The second kappa shape index (κ2) is 7.10. The summed E-state index contributed by atoms with van der Waals surface area (Å²) in [6, 6.07) is 0.258. The molecule has 1 aliphatic heterocycles. The molecule has 1 aromatic rings. The largest absolute Gasteiger partial charge is 0.378 e. The molecule has 2 heterocycles. The zero-order valence-electron chi connectivity index (χ0n) is 14.0. The van der Waals surface area contributed by atoms with Crippen molar-refractivity contribution in [3.63, 3.8) is 0 Å². The molecule has 8 heteroatoms. The maximum Gasteiger partial charge on any atom is 0.328 e. The SMILES string of the molecule is CO[C@@H]1CN(C(C)C)C[C@H]1NC(=O)Cn1cc(C)c(=O)[nH]c1=O. The van der Waals surface area contributed by atoms with Crippen molar-refractivity contribution in [2.24, 2.45) is 0 Å². The number of hydrogen-bond acceptors (Lipinski definition) is 5. The van der Waals surface area contributed by atoms with Crippen LogP contribution in [0, 0.1) is 6.92 Å². The molecule has 1 saturated heterocycles. The lowest BCUT2D eigenvalue weighted by molar-refractivity contribution is -0.123. The number of nitrogens with zero attached hydrogens (tertiary/aromatic N) is 2. The molecule has 8 nitrogen and oxygen atoms in total. The van der Waals surface area contributed by atoms with Gasteiger partial charge in [0.15, 0.2) is 0 Å². The van der Waals surface area contributed by atoms with E-state index >= 15 is 0 Å². The first-order chi connectivity index (χ1) is 10.8. The van der Waals surface area contributed by atoms with Crippen LogP contribution in [-0.2, 0) is 16.1 Å². The Kier molecular flexibility index (Phi) is 5.38. The Balaban J connectivity index is 2.03. The minimum Gasteiger partial charge on any atom is -0.378 e. The molecule has 1 amide bonds. The number of likely N-dealkylation sites (tertiary alicyclic amines) is 1. The fourth-order valence-electron chi connectivity index (χ4n) is 2.75. The first kappa shape index (κ1) is 17.4. The van der Waals surface area contributed by atoms with E-state index in [1.807, 2.05) is 0 Å². The minimum atomic E-state index is -0.589. The van der Waals surface area contributed by atoms with Crippen LogP contribution >= 0.6 is 0 Å². The summed E-state index contributed by atoms with van der Waals surface area (Å²) in [4.78, 5) is 39.7. The summed E-state index contributed by atoms with van der Waals surface area (Å²) in [5.41, 5.74) is -0.636. The molecule has 0 aromatic carbocycles. The predicted octanol–water partition coefficient (Wildman–Crippen LogP) is -0.931. The van der Waals surface area contributed by atoms with Gasteiger partial charge in [-0.3, -0.25) is 24.0 Å². The number of hydrogen-bond donors (Lipinski definition) is 2. The van der Waals surface area contributed by atoms with Gasteiger partial charge in [0.05, 0.1) is 12.1 Å². The Bertz CT molecular complexity index is 679. The van der Waals surface area contributed by atoms with Crippen molar-refractivity contribution < 1.29 is 9.53 Å². The maximum absolute atomic E-state index is 12.2. The van der Waals surface area contributed by atoms with E-state index < -0.39 is 11.2 Å². The highest BCUT2D eigenvalue weighted by atomic mass is 16.5. The Morgan fingerprint density at radius 1 is 1.43 bits per heavy atom. The highest BCUT2D eigenvalue weighted by Gasteiger charge is 2.34. The normalized spacial score (nSPS) is 21.8. The van der Waals surface area contributed by atoms with Crippen molar-refractivity contribution in [3.05, 3.63) is 32.6 Å². The van der Waals surface area contributed by atoms with Gasteiger partial charge < -0.3 is 10.1 Å². The van der Waals surface area contributed by atoms with E-state index in [0.29, 0.717) is 18.2 Å². The number of ether oxygens (including phenoxy) is 1. The van der Waals surface area contributed by atoms with Crippen LogP contribution in [0.1, 0.15) is 19.4 Å². The number of aromatic nitrogens is 2. The molecule has 2 atom stereocenters. The van der Waals surface area contributed by atoms with Crippen LogP contribution in [-0.4, -0.2) is 58.7 Å². The van der Waals surface area contributed by atoms with Crippen LogP contribution in [0.5, 0.6) is 0 Å². The van der Waals surface area contributed by atoms with E-state index in [1.54, 1.807) is 14.0 Å². The summed E-state index contributed by atoms with van der Waals surface area (Å²) in [6.45, 7) is 7.12. The molecule has 0 saturated carbocycles. The van der Waals surface area contributed by atoms with Crippen LogP contribution in [0.25, 0.3) is 0 Å².